The molecular formula is C22H19N3O5S. The summed E-state index contributed by atoms with van der Waals surface area (Å²) in [5.74, 6) is -0.548. The van der Waals surface area contributed by atoms with E-state index in [4.69, 9.17) is 9.47 Å². The van der Waals surface area contributed by atoms with Crippen molar-refractivity contribution >= 4 is 29.1 Å². The van der Waals surface area contributed by atoms with Gasteiger partial charge in [0.05, 0.1) is 4.88 Å². The first-order valence-corrected chi connectivity index (χ1v) is 10.4. The molecular weight excluding hydrogens is 418 g/mol. The van der Waals surface area contributed by atoms with Gasteiger partial charge >= 0.3 is 0 Å². The van der Waals surface area contributed by atoms with Crippen molar-refractivity contribution in [3.63, 3.8) is 0 Å². The predicted molar refractivity (Wildman–Crippen MR) is 114 cm³/mol. The van der Waals surface area contributed by atoms with Crippen molar-refractivity contribution in [3.8, 4) is 11.5 Å². The van der Waals surface area contributed by atoms with Crippen LogP contribution in [-0.2, 0) is 9.59 Å². The third-order valence-corrected chi connectivity index (χ3v) is 5.39. The number of thiophene rings is 1. The van der Waals surface area contributed by atoms with Gasteiger partial charge in [0.25, 0.3) is 17.7 Å². The van der Waals surface area contributed by atoms with E-state index >= 15 is 0 Å². The Kier molecular flexibility index (Phi) is 6.13. The van der Waals surface area contributed by atoms with Crippen LogP contribution in [0, 0.1) is 0 Å². The van der Waals surface area contributed by atoms with E-state index in [1.807, 2.05) is 0 Å². The fourth-order valence-corrected chi connectivity index (χ4v) is 3.61. The maximum absolute atomic E-state index is 12.8. The first-order chi connectivity index (χ1) is 15.1. The van der Waals surface area contributed by atoms with E-state index in [0.29, 0.717) is 21.9 Å². The van der Waals surface area contributed by atoms with Gasteiger partial charge in [0.15, 0.2) is 11.5 Å². The van der Waals surface area contributed by atoms with Gasteiger partial charge in [-0.2, -0.15) is 0 Å². The molecule has 0 radical (unpaired) electrons. The fraction of sp³-hybridized carbons (Fsp3) is 0.136. The highest BCUT2D eigenvalue weighted by Gasteiger charge is 2.29. The van der Waals surface area contributed by atoms with Crippen molar-refractivity contribution in [2.24, 2.45) is 0 Å². The van der Waals surface area contributed by atoms with E-state index < -0.39 is 24.0 Å². The van der Waals surface area contributed by atoms with E-state index in [0.717, 1.165) is 0 Å². The minimum absolute atomic E-state index is 0.00987. The lowest BCUT2D eigenvalue weighted by molar-refractivity contribution is -0.135. The molecule has 0 spiro atoms. The molecule has 1 aliphatic heterocycles. The van der Waals surface area contributed by atoms with Crippen molar-refractivity contribution in [2.45, 2.75) is 12.1 Å². The standard InChI is InChI=1S/C22H19N3O5S/c26-20(17-13-29-15-9-4-5-10-16(15)30-17)24-25-22(28)19(14-7-2-1-3-8-14)23-21(27)18-11-6-12-31-18/h1-12,17,19H,13H2,(H,23,27)(H,24,26)(H,25,28)/t17-,19+/m0/s1. The summed E-state index contributed by atoms with van der Waals surface area (Å²) in [5, 5.41) is 4.48. The SMILES string of the molecule is O=C(N[C@@H](C(=O)NNC(=O)[C@@H]1COc2ccccc2O1)c1ccccc1)c1cccs1. The number of fused-ring (bicyclic) bond motifs is 1. The van der Waals surface area contributed by atoms with E-state index in [1.54, 1.807) is 72.1 Å². The zero-order valence-electron chi connectivity index (χ0n) is 16.2. The second-order valence-corrected chi connectivity index (χ2v) is 7.58. The van der Waals surface area contributed by atoms with Crippen LogP contribution in [0.15, 0.2) is 72.1 Å². The van der Waals surface area contributed by atoms with Gasteiger partial charge in [-0.1, -0.05) is 48.5 Å². The Hall–Kier alpha value is -3.85. The lowest BCUT2D eigenvalue weighted by Gasteiger charge is -2.26. The summed E-state index contributed by atoms with van der Waals surface area (Å²) in [5.41, 5.74) is 5.29. The second kappa shape index (κ2) is 9.31. The minimum atomic E-state index is -1.000. The molecule has 1 aromatic heterocycles. The molecule has 0 saturated carbocycles. The highest BCUT2D eigenvalue weighted by atomic mass is 32.1. The number of nitrogens with one attached hydrogen (secondary N) is 3. The Morgan fingerprint density at radius 1 is 0.903 bits per heavy atom. The molecule has 4 rings (SSSR count). The van der Waals surface area contributed by atoms with Crippen molar-refractivity contribution in [1.82, 2.24) is 16.2 Å². The smallest absolute Gasteiger partial charge is 0.283 e. The van der Waals surface area contributed by atoms with Crippen LogP contribution in [0.1, 0.15) is 21.3 Å². The van der Waals surface area contributed by atoms with Gasteiger partial charge in [0, 0.05) is 0 Å². The average molecular weight is 437 g/mol. The van der Waals surface area contributed by atoms with E-state index in [-0.39, 0.29) is 12.5 Å². The lowest BCUT2D eigenvalue weighted by Crippen LogP contribution is -2.53. The molecule has 2 aromatic carbocycles. The van der Waals surface area contributed by atoms with Gasteiger partial charge in [-0.05, 0) is 29.1 Å². The molecule has 0 aliphatic carbocycles. The summed E-state index contributed by atoms with van der Waals surface area (Å²) in [7, 11) is 0. The highest BCUT2D eigenvalue weighted by molar-refractivity contribution is 7.12. The zero-order chi connectivity index (χ0) is 21.6. The summed E-state index contributed by atoms with van der Waals surface area (Å²) in [6.07, 6.45) is -0.925. The molecule has 9 heteroatoms. The number of rotatable bonds is 5. The van der Waals surface area contributed by atoms with Crippen LogP contribution in [0.25, 0.3) is 0 Å². The van der Waals surface area contributed by atoms with Crippen LogP contribution < -0.4 is 25.6 Å². The molecule has 0 fully saturated rings. The number of hydrazine groups is 1. The summed E-state index contributed by atoms with van der Waals surface area (Å²) in [4.78, 5) is 38.3. The largest absolute Gasteiger partial charge is 0.485 e. The van der Waals surface area contributed by atoms with Gasteiger partial charge in [0.1, 0.15) is 12.6 Å². The molecule has 1 aliphatic rings. The van der Waals surface area contributed by atoms with Crippen molar-refractivity contribution in [2.75, 3.05) is 6.61 Å². The number of carbonyl (C=O) groups is 3. The van der Waals surface area contributed by atoms with Crippen LogP contribution in [0.4, 0.5) is 0 Å². The van der Waals surface area contributed by atoms with Gasteiger partial charge in [-0.3, -0.25) is 25.2 Å². The Balaban J connectivity index is 1.40. The molecule has 0 bridgehead atoms. The number of benzene rings is 2. The molecule has 2 atom stereocenters. The van der Waals surface area contributed by atoms with Crippen LogP contribution in [-0.4, -0.2) is 30.4 Å². The number of carbonyl (C=O) groups excluding carboxylic acids is 3. The van der Waals surface area contributed by atoms with Crippen molar-refractivity contribution < 1.29 is 23.9 Å². The first kappa shape index (κ1) is 20.4. The van der Waals surface area contributed by atoms with Gasteiger partial charge in [0.2, 0.25) is 6.10 Å². The number of amides is 3. The van der Waals surface area contributed by atoms with Gasteiger partial charge in [-0.15, -0.1) is 11.3 Å². The first-order valence-electron chi connectivity index (χ1n) is 9.49. The Labute approximate surface area is 182 Å². The number of ether oxygens (including phenoxy) is 2. The summed E-state index contributed by atoms with van der Waals surface area (Å²) in [6.45, 7) is 0.00987. The maximum Gasteiger partial charge on any atom is 0.283 e. The van der Waals surface area contributed by atoms with E-state index in [9.17, 15) is 14.4 Å². The Morgan fingerprint density at radius 2 is 1.65 bits per heavy atom. The molecule has 3 amide bonds. The number of hydrogen-bond acceptors (Lipinski definition) is 6. The minimum Gasteiger partial charge on any atom is -0.485 e. The van der Waals surface area contributed by atoms with E-state index in [1.165, 1.54) is 11.3 Å². The third-order valence-electron chi connectivity index (χ3n) is 4.53. The van der Waals surface area contributed by atoms with Crippen LogP contribution in [0.2, 0.25) is 0 Å². The summed E-state index contributed by atoms with van der Waals surface area (Å²) >= 11 is 1.27. The molecule has 31 heavy (non-hydrogen) atoms. The average Bonchev–Trinajstić information content (AvgIpc) is 3.36. The monoisotopic (exact) mass is 437 g/mol. The van der Waals surface area contributed by atoms with E-state index in [2.05, 4.69) is 16.2 Å². The second-order valence-electron chi connectivity index (χ2n) is 6.64. The molecule has 8 nitrogen and oxygen atoms in total. The van der Waals surface area contributed by atoms with Crippen LogP contribution >= 0.6 is 11.3 Å². The zero-order valence-corrected chi connectivity index (χ0v) is 17.1. The molecule has 2 heterocycles. The molecule has 0 unspecified atom stereocenters. The molecule has 3 N–H and O–H groups in total. The Morgan fingerprint density at radius 3 is 2.39 bits per heavy atom. The lowest BCUT2D eigenvalue weighted by atomic mass is 10.1. The molecule has 3 aromatic rings. The molecule has 0 saturated heterocycles. The number of hydrogen-bond donors (Lipinski definition) is 3. The fourth-order valence-electron chi connectivity index (χ4n) is 2.98. The topological polar surface area (TPSA) is 106 Å². The molecule has 158 valence electrons. The number of para-hydroxylation sites is 2. The summed E-state index contributed by atoms with van der Waals surface area (Å²) < 4.78 is 11.1. The van der Waals surface area contributed by atoms with Crippen LogP contribution in [0.3, 0.4) is 0 Å². The third kappa shape index (κ3) is 4.84. The quantitative estimate of drug-likeness (QED) is 0.531. The van der Waals surface area contributed by atoms with Crippen molar-refractivity contribution in [1.29, 1.82) is 0 Å². The van der Waals surface area contributed by atoms with Crippen LogP contribution in [0.5, 0.6) is 11.5 Å². The maximum atomic E-state index is 12.8. The van der Waals surface area contributed by atoms with Gasteiger partial charge in [-0.25, -0.2) is 0 Å². The van der Waals surface area contributed by atoms with Gasteiger partial charge < -0.3 is 14.8 Å². The normalized spacial score (nSPS) is 15.4. The summed E-state index contributed by atoms with van der Waals surface area (Å²) in [6, 6.07) is 18.2. The predicted octanol–water partition coefficient (Wildman–Crippen LogP) is 2.21. The highest BCUT2D eigenvalue weighted by Crippen LogP contribution is 2.30. The van der Waals surface area contributed by atoms with Crippen molar-refractivity contribution in [3.05, 3.63) is 82.6 Å². The Bertz CT molecular complexity index is 1070.